The summed E-state index contributed by atoms with van der Waals surface area (Å²) >= 11 is 12.4. The average molecular weight is 377 g/mol. The van der Waals surface area contributed by atoms with Gasteiger partial charge in [0, 0.05) is 28.0 Å². The molecule has 130 valence electrons. The molecule has 0 unspecified atom stereocenters. The predicted molar refractivity (Wildman–Crippen MR) is 99.3 cm³/mol. The molecule has 0 aliphatic carbocycles. The van der Waals surface area contributed by atoms with Crippen LogP contribution in [0.5, 0.6) is 5.75 Å². The molecule has 3 aromatic rings. The summed E-state index contributed by atoms with van der Waals surface area (Å²) in [7, 11) is 0. The van der Waals surface area contributed by atoms with E-state index < -0.39 is 0 Å². The first kappa shape index (κ1) is 17.8. The number of hydrogen-bond donors (Lipinski definition) is 0. The van der Waals surface area contributed by atoms with Crippen LogP contribution in [0.2, 0.25) is 10.0 Å². The van der Waals surface area contributed by atoms with Crippen molar-refractivity contribution in [2.45, 2.75) is 12.6 Å². The van der Waals surface area contributed by atoms with Crippen molar-refractivity contribution in [1.82, 2.24) is 9.55 Å². The first-order valence-electron chi connectivity index (χ1n) is 7.92. The number of rotatable bonds is 8. The maximum Gasteiger partial charge on any atom is 0.119 e. The first-order valence-corrected chi connectivity index (χ1v) is 8.68. The lowest BCUT2D eigenvalue weighted by Crippen LogP contribution is -2.16. The molecule has 1 heterocycles. The van der Waals surface area contributed by atoms with Crippen molar-refractivity contribution >= 4 is 23.2 Å². The van der Waals surface area contributed by atoms with Gasteiger partial charge in [-0.25, -0.2) is 4.98 Å². The van der Waals surface area contributed by atoms with Gasteiger partial charge in [0.05, 0.1) is 19.5 Å². The Morgan fingerprint density at radius 2 is 1.88 bits per heavy atom. The lowest BCUT2D eigenvalue weighted by atomic mass is 10.1. The minimum atomic E-state index is -0.224. The van der Waals surface area contributed by atoms with Crippen molar-refractivity contribution in [3.8, 4) is 5.75 Å². The molecule has 0 saturated carbocycles. The Kier molecular flexibility index (Phi) is 6.34. The third-order valence-electron chi connectivity index (χ3n) is 3.66. The Bertz CT molecular complexity index is 779. The molecule has 0 radical (unpaired) electrons. The number of hydrogen-bond acceptors (Lipinski definition) is 3. The van der Waals surface area contributed by atoms with E-state index in [0.29, 0.717) is 29.8 Å². The summed E-state index contributed by atoms with van der Waals surface area (Å²) in [5.41, 5.74) is 0.888. The number of nitrogens with zero attached hydrogens (tertiary/aromatic N) is 2. The highest BCUT2D eigenvalue weighted by molar-refractivity contribution is 6.35. The largest absolute Gasteiger partial charge is 0.491 e. The topological polar surface area (TPSA) is 36.3 Å². The van der Waals surface area contributed by atoms with Crippen molar-refractivity contribution < 1.29 is 9.47 Å². The Morgan fingerprint density at radius 3 is 2.60 bits per heavy atom. The highest BCUT2D eigenvalue weighted by Gasteiger charge is 2.16. The van der Waals surface area contributed by atoms with E-state index in [2.05, 4.69) is 4.98 Å². The van der Waals surface area contributed by atoms with Crippen molar-refractivity contribution in [1.29, 1.82) is 0 Å². The molecule has 0 amide bonds. The zero-order valence-corrected chi connectivity index (χ0v) is 15.0. The molecule has 25 heavy (non-hydrogen) atoms. The number of benzene rings is 2. The molecular weight excluding hydrogens is 359 g/mol. The van der Waals surface area contributed by atoms with Gasteiger partial charge >= 0.3 is 0 Å². The van der Waals surface area contributed by atoms with E-state index in [4.69, 9.17) is 32.7 Å². The van der Waals surface area contributed by atoms with Crippen LogP contribution in [0.3, 0.4) is 0 Å². The molecule has 0 aliphatic heterocycles. The molecule has 4 nitrogen and oxygen atoms in total. The molecule has 0 saturated heterocycles. The molecule has 0 N–H and O–H groups in total. The monoisotopic (exact) mass is 376 g/mol. The Labute approximate surface area is 156 Å². The summed E-state index contributed by atoms with van der Waals surface area (Å²) in [5, 5.41) is 1.18. The zero-order chi connectivity index (χ0) is 17.5. The zero-order valence-electron chi connectivity index (χ0n) is 13.5. The van der Waals surface area contributed by atoms with E-state index >= 15 is 0 Å². The molecule has 1 atom stereocenters. The summed E-state index contributed by atoms with van der Waals surface area (Å²) in [4.78, 5) is 4.07. The van der Waals surface area contributed by atoms with E-state index in [0.717, 1.165) is 11.3 Å². The smallest absolute Gasteiger partial charge is 0.119 e. The maximum absolute atomic E-state index is 6.35. The Morgan fingerprint density at radius 1 is 1.04 bits per heavy atom. The first-order chi connectivity index (χ1) is 12.2. The summed E-state index contributed by atoms with van der Waals surface area (Å²) < 4.78 is 13.7. The number of aromatic nitrogens is 2. The fraction of sp³-hybridized carbons (Fsp3) is 0.211. The van der Waals surface area contributed by atoms with Crippen LogP contribution in [-0.4, -0.2) is 22.8 Å². The van der Waals surface area contributed by atoms with Crippen molar-refractivity contribution in [2.75, 3.05) is 13.2 Å². The van der Waals surface area contributed by atoms with Gasteiger partial charge in [-0.05, 0) is 24.3 Å². The molecule has 0 aliphatic rings. The fourth-order valence-electron chi connectivity index (χ4n) is 2.46. The number of halogens is 2. The van der Waals surface area contributed by atoms with Crippen LogP contribution in [0.25, 0.3) is 0 Å². The van der Waals surface area contributed by atoms with Gasteiger partial charge in [0.2, 0.25) is 0 Å². The normalized spacial score (nSPS) is 12.1. The van der Waals surface area contributed by atoms with Gasteiger partial charge in [-0.1, -0.05) is 47.5 Å². The van der Waals surface area contributed by atoms with Gasteiger partial charge < -0.3 is 14.0 Å². The van der Waals surface area contributed by atoms with E-state index in [1.54, 1.807) is 18.6 Å². The molecule has 2 aromatic carbocycles. The number of ether oxygens (including phenoxy) is 2. The van der Waals surface area contributed by atoms with E-state index in [9.17, 15) is 0 Å². The minimum absolute atomic E-state index is 0.224. The summed E-state index contributed by atoms with van der Waals surface area (Å²) in [6, 6.07) is 15.1. The minimum Gasteiger partial charge on any atom is -0.491 e. The molecule has 6 heteroatoms. The van der Waals surface area contributed by atoms with Crippen molar-refractivity contribution in [3.63, 3.8) is 0 Å². The second kappa shape index (κ2) is 8.90. The Balaban J connectivity index is 1.64. The standard InChI is InChI=1S/C19H18Cl2N2O2/c20-15-6-7-17(18(21)12-15)19(13-23-9-8-22-14-23)25-11-10-24-16-4-2-1-3-5-16/h1-9,12,14,19H,10-11,13H2/t19-/m0/s1. The number of imidazole rings is 1. The molecule has 0 bridgehead atoms. The summed E-state index contributed by atoms with van der Waals surface area (Å²) in [6.45, 7) is 1.50. The van der Waals surface area contributed by atoms with Crippen molar-refractivity contribution in [2.24, 2.45) is 0 Å². The lowest BCUT2D eigenvalue weighted by molar-refractivity contribution is 0.0227. The second-order valence-electron chi connectivity index (χ2n) is 5.45. The van der Waals surface area contributed by atoms with Crippen LogP contribution in [0, 0.1) is 0 Å². The van der Waals surface area contributed by atoms with Gasteiger partial charge in [-0.2, -0.15) is 0 Å². The van der Waals surface area contributed by atoms with Gasteiger partial charge in [0.25, 0.3) is 0 Å². The average Bonchev–Trinajstić information content (AvgIpc) is 3.12. The van der Waals surface area contributed by atoms with E-state index in [-0.39, 0.29) is 6.10 Å². The van der Waals surface area contributed by atoms with Gasteiger partial charge in [0.1, 0.15) is 18.5 Å². The lowest BCUT2D eigenvalue weighted by Gasteiger charge is -2.20. The van der Waals surface area contributed by atoms with Gasteiger partial charge in [-0.3, -0.25) is 0 Å². The molecule has 0 spiro atoms. The fourth-order valence-corrected chi connectivity index (χ4v) is 2.99. The third-order valence-corrected chi connectivity index (χ3v) is 4.22. The number of para-hydroxylation sites is 1. The van der Waals surface area contributed by atoms with Crippen LogP contribution >= 0.6 is 23.2 Å². The van der Waals surface area contributed by atoms with Crippen LogP contribution in [0.4, 0.5) is 0 Å². The summed E-state index contributed by atoms with van der Waals surface area (Å²) in [6.07, 6.45) is 5.15. The van der Waals surface area contributed by atoms with Crippen molar-refractivity contribution in [3.05, 3.63) is 82.9 Å². The summed E-state index contributed by atoms with van der Waals surface area (Å²) in [5.74, 6) is 0.821. The van der Waals surface area contributed by atoms with Gasteiger partial charge in [0.15, 0.2) is 0 Å². The highest BCUT2D eigenvalue weighted by atomic mass is 35.5. The molecule has 3 rings (SSSR count). The highest BCUT2D eigenvalue weighted by Crippen LogP contribution is 2.29. The molecule has 0 fully saturated rings. The molecule has 1 aromatic heterocycles. The quantitative estimate of drug-likeness (QED) is 0.517. The second-order valence-corrected chi connectivity index (χ2v) is 6.29. The SMILES string of the molecule is Clc1ccc([C@H](Cn2ccnc2)OCCOc2ccccc2)c(Cl)c1. The Hall–Kier alpha value is -2.01. The van der Waals surface area contributed by atoms with E-state index in [1.165, 1.54) is 0 Å². The van der Waals surface area contributed by atoms with Crippen LogP contribution in [0.15, 0.2) is 67.3 Å². The molecular formula is C19H18Cl2N2O2. The third kappa shape index (κ3) is 5.23. The van der Waals surface area contributed by atoms with Crippen LogP contribution in [-0.2, 0) is 11.3 Å². The van der Waals surface area contributed by atoms with E-state index in [1.807, 2.05) is 53.2 Å². The van der Waals surface area contributed by atoms with Gasteiger partial charge in [-0.15, -0.1) is 0 Å². The maximum atomic E-state index is 6.35. The predicted octanol–water partition coefficient (Wildman–Crippen LogP) is 5.03. The van der Waals surface area contributed by atoms with Crippen LogP contribution in [0.1, 0.15) is 11.7 Å². The van der Waals surface area contributed by atoms with Crippen LogP contribution < -0.4 is 4.74 Å².